The highest BCUT2D eigenvalue weighted by molar-refractivity contribution is 6.13. The Labute approximate surface area is 226 Å². The molecular weight excluding hydrogens is 488 g/mol. The highest BCUT2D eigenvalue weighted by Crippen LogP contribution is 2.55. The molecule has 2 aliphatic rings. The van der Waals surface area contributed by atoms with Crippen molar-refractivity contribution in [1.29, 1.82) is 0 Å². The van der Waals surface area contributed by atoms with Crippen LogP contribution < -0.4 is 20.1 Å². The summed E-state index contributed by atoms with van der Waals surface area (Å²) in [6.07, 6.45) is 0.619. The lowest BCUT2D eigenvalue weighted by Crippen LogP contribution is -2.46. The zero-order valence-electron chi connectivity index (χ0n) is 21.6. The number of hydrogen-bond acceptors (Lipinski definition) is 5. The standard InChI is InChI=1S/C32H26N4O3/c1-38-27-18-22-24(19-28(27)39-2)32(23-15-9-10-16-25(23)33-31(32)37)34-30-29(22)26(17-20-11-5-3-6-12-20)35-36(30)21-13-7-4-8-14-21/h3-16,18-19,34H,17H2,1-2H3,(H,33,37)/t32-/m1/s1. The summed E-state index contributed by atoms with van der Waals surface area (Å²) in [7, 11) is 3.23. The number of nitrogens with zero attached hydrogens (tertiary/aromatic N) is 2. The molecule has 0 bridgehead atoms. The number of amides is 1. The maximum Gasteiger partial charge on any atom is 0.259 e. The minimum Gasteiger partial charge on any atom is -0.493 e. The SMILES string of the molecule is COc1cc2c(cc1OC)[C@@]1(Nc3c-2c(Cc2ccccc2)nn3-c2ccccc2)C(=O)Nc2ccccc21. The molecule has 3 heterocycles. The fourth-order valence-corrected chi connectivity index (χ4v) is 5.82. The van der Waals surface area contributed by atoms with Crippen LogP contribution >= 0.6 is 0 Å². The van der Waals surface area contributed by atoms with Crippen molar-refractivity contribution in [3.63, 3.8) is 0 Å². The number of carbonyl (C=O) groups excluding carboxylic acids is 1. The number of benzene rings is 4. The molecule has 1 amide bonds. The van der Waals surface area contributed by atoms with E-state index in [-0.39, 0.29) is 5.91 Å². The van der Waals surface area contributed by atoms with Crippen molar-refractivity contribution in [2.24, 2.45) is 0 Å². The third-order valence-corrected chi connectivity index (χ3v) is 7.60. The number of ether oxygens (including phenoxy) is 2. The third-order valence-electron chi connectivity index (χ3n) is 7.60. The Morgan fingerprint density at radius 3 is 2.23 bits per heavy atom. The Morgan fingerprint density at radius 1 is 0.821 bits per heavy atom. The molecule has 1 spiro atoms. The lowest BCUT2D eigenvalue weighted by Gasteiger charge is -2.37. The summed E-state index contributed by atoms with van der Waals surface area (Å²) in [5.74, 6) is 1.73. The Balaban J connectivity index is 1.57. The van der Waals surface area contributed by atoms with E-state index in [9.17, 15) is 4.79 Å². The van der Waals surface area contributed by atoms with Crippen molar-refractivity contribution in [1.82, 2.24) is 9.78 Å². The molecule has 0 fully saturated rings. The van der Waals surface area contributed by atoms with Crippen LogP contribution in [0.1, 0.15) is 22.4 Å². The molecule has 0 saturated carbocycles. The van der Waals surface area contributed by atoms with Gasteiger partial charge in [-0.15, -0.1) is 0 Å². The predicted molar refractivity (Wildman–Crippen MR) is 151 cm³/mol. The van der Waals surface area contributed by atoms with Crippen molar-refractivity contribution in [2.45, 2.75) is 12.0 Å². The summed E-state index contributed by atoms with van der Waals surface area (Å²) in [6, 6.07) is 31.9. The van der Waals surface area contributed by atoms with E-state index in [1.54, 1.807) is 14.2 Å². The molecule has 39 heavy (non-hydrogen) atoms. The Kier molecular flexibility index (Phi) is 5.20. The van der Waals surface area contributed by atoms with Crippen LogP contribution in [0.2, 0.25) is 0 Å². The van der Waals surface area contributed by atoms with Crippen molar-refractivity contribution in [2.75, 3.05) is 24.9 Å². The van der Waals surface area contributed by atoms with Gasteiger partial charge in [0.15, 0.2) is 17.0 Å². The monoisotopic (exact) mass is 514 g/mol. The van der Waals surface area contributed by atoms with E-state index in [2.05, 4.69) is 22.8 Å². The second kappa shape index (κ2) is 8.77. The number of aromatic nitrogens is 2. The average molecular weight is 515 g/mol. The van der Waals surface area contributed by atoms with Gasteiger partial charge in [0.05, 0.1) is 25.6 Å². The molecule has 0 saturated heterocycles. The van der Waals surface area contributed by atoms with E-state index in [1.807, 2.05) is 89.6 Å². The molecule has 2 N–H and O–H groups in total. The van der Waals surface area contributed by atoms with Crippen LogP contribution in [0, 0.1) is 0 Å². The number of fused-ring (bicyclic) bond motifs is 6. The van der Waals surface area contributed by atoms with E-state index in [4.69, 9.17) is 14.6 Å². The summed E-state index contributed by atoms with van der Waals surface area (Å²) in [5.41, 5.74) is 5.96. The lowest BCUT2D eigenvalue weighted by molar-refractivity contribution is -0.118. The van der Waals surface area contributed by atoms with E-state index < -0.39 is 5.54 Å². The first-order valence-electron chi connectivity index (χ1n) is 12.8. The second-order valence-electron chi connectivity index (χ2n) is 9.71. The van der Waals surface area contributed by atoms with Gasteiger partial charge in [0, 0.05) is 28.8 Å². The number of anilines is 2. The molecule has 1 atom stereocenters. The van der Waals surface area contributed by atoms with Crippen molar-refractivity contribution < 1.29 is 14.3 Å². The molecule has 0 unspecified atom stereocenters. The van der Waals surface area contributed by atoms with Gasteiger partial charge in [0.2, 0.25) is 0 Å². The quantitative estimate of drug-likeness (QED) is 0.312. The molecular formula is C32H26N4O3. The van der Waals surface area contributed by atoms with Gasteiger partial charge >= 0.3 is 0 Å². The van der Waals surface area contributed by atoms with Gasteiger partial charge in [-0.25, -0.2) is 4.68 Å². The molecule has 192 valence electrons. The number of methoxy groups -OCH3 is 2. The Morgan fingerprint density at radius 2 is 1.49 bits per heavy atom. The van der Waals surface area contributed by atoms with Crippen LogP contribution in [0.15, 0.2) is 97.1 Å². The molecule has 4 aromatic carbocycles. The first-order chi connectivity index (χ1) is 19.1. The van der Waals surface area contributed by atoms with E-state index >= 15 is 0 Å². The minimum atomic E-state index is -1.19. The minimum absolute atomic E-state index is 0.159. The van der Waals surface area contributed by atoms with Crippen LogP contribution in [0.4, 0.5) is 11.5 Å². The summed E-state index contributed by atoms with van der Waals surface area (Å²) in [4.78, 5) is 14.0. The van der Waals surface area contributed by atoms with Gasteiger partial charge in [-0.1, -0.05) is 66.7 Å². The number of rotatable bonds is 5. The van der Waals surface area contributed by atoms with Crippen LogP contribution in [-0.4, -0.2) is 29.9 Å². The maximum absolute atomic E-state index is 14.0. The van der Waals surface area contributed by atoms with E-state index in [1.165, 1.54) is 0 Å². The largest absolute Gasteiger partial charge is 0.493 e. The normalized spacial score (nSPS) is 16.6. The van der Waals surface area contributed by atoms with Gasteiger partial charge in [0.25, 0.3) is 5.91 Å². The number of hydrogen-bond donors (Lipinski definition) is 2. The first kappa shape index (κ1) is 23.1. The molecule has 7 nitrogen and oxygen atoms in total. The van der Waals surface area contributed by atoms with Crippen LogP contribution in [0.3, 0.4) is 0 Å². The smallest absolute Gasteiger partial charge is 0.259 e. The van der Waals surface area contributed by atoms with Gasteiger partial charge in [-0.05, 0) is 41.5 Å². The highest BCUT2D eigenvalue weighted by atomic mass is 16.5. The lowest BCUT2D eigenvalue weighted by atomic mass is 9.76. The topological polar surface area (TPSA) is 77.4 Å². The fourth-order valence-electron chi connectivity index (χ4n) is 5.82. The summed E-state index contributed by atoms with van der Waals surface area (Å²) in [5, 5.41) is 11.9. The predicted octanol–water partition coefficient (Wildman–Crippen LogP) is 5.77. The molecule has 7 heteroatoms. The molecule has 7 rings (SSSR count). The number of carbonyl (C=O) groups is 1. The van der Waals surface area contributed by atoms with Gasteiger partial charge < -0.3 is 20.1 Å². The van der Waals surface area contributed by atoms with Gasteiger partial charge in [-0.2, -0.15) is 5.10 Å². The van der Waals surface area contributed by atoms with Crippen LogP contribution in [0.25, 0.3) is 16.8 Å². The van der Waals surface area contributed by atoms with E-state index in [0.717, 1.165) is 50.7 Å². The zero-order chi connectivity index (χ0) is 26.6. The fraction of sp³-hybridized carbons (Fsp3) is 0.125. The number of para-hydroxylation sites is 2. The molecule has 2 aliphatic heterocycles. The van der Waals surface area contributed by atoms with Crippen LogP contribution in [-0.2, 0) is 16.8 Å². The van der Waals surface area contributed by atoms with Crippen molar-refractivity contribution in [3.8, 4) is 28.3 Å². The number of nitrogens with one attached hydrogen (secondary N) is 2. The zero-order valence-corrected chi connectivity index (χ0v) is 21.6. The van der Waals surface area contributed by atoms with Gasteiger partial charge in [0.1, 0.15) is 5.82 Å². The van der Waals surface area contributed by atoms with Gasteiger partial charge in [-0.3, -0.25) is 4.79 Å². The van der Waals surface area contributed by atoms with Crippen LogP contribution in [0.5, 0.6) is 11.5 Å². The Hall–Kier alpha value is -5.04. The third kappa shape index (κ3) is 3.36. The summed E-state index contributed by atoms with van der Waals surface area (Å²) < 4.78 is 13.4. The first-order valence-corrected chi connectivity index (χ1v) is 12.8. The average Bonchev–Trinajstić information content (AvgIpc) is 3.48. The van der Waals surface area contributed by atoms with E-state index in [0.29, 0.717) is 17.9 Å². The molecule has 0 radical (unpaired) electrons. The second-order valence-corrected chi connectivity index (χ2v) is 9.71. The summed E-state index contributed by atoms with van der Waals surface area (Å²) in [6.45, 7) is 0. The maximum atomic E-state index is 14.0. The molecule has 1 aromatic heterocycles. The highest BCUT2D eigenvalue weighted by Gasteiger charge is 2.53. The van der Waals surface area contributed by atoms with Crippen molar-refractivity contribution in [3.05, 3.63) is 119 Å². The molecule has 0 aliphatic carbocycles. The van der Waals surface area contributed by atoms with Crippen molar-refractivity contribution >= 4 is 17.4 Å². The Bertz CT molecular complexity index is 1730. The molecule has 5 aromatic rings. The summed E-state index contributed by atoms with van der Waals surface area (Å²) >= 11 is 0.